The van der Waals surface area contributed by atoms with Crippen LogP contribution in [0.4, 0.5) is 18.9 Å². The Kier molecular flexibility index (Phi) is 7.35. The highest BCUT2D eigenvalue weighted by molar-refractivity contribution is 6.03. The Hall–Kier alpha value is -3.46. The number of amides is 1. The summed E-state index contributed by atoms with van der Waals surface area (Å²) in [5.74, 6) is -3.14. The predicted octanol–water partition coefficient (Wildman–Crippen LogP) is 5.44. The molecule has 0 saturated heterocycles. The summed E-state index contributed by atoms with van der Waals surface area (Å²) in [6.45, 7) is 4.03. The Labute approximate surface area is 201 Å². The highest BCUT2D eigenvalue weighted by Crippen LogP contribution is 2.38. The van der Waals surface area contributed by atoms with Crippen LogP contribution in [0.2, 0.25) is 0 Å². The molecule has 0 unspecified atom stereocenters. The number of rotatable bonds is 6. The van der Waals surface area contributed by atoms with Gasteiger partial charge in [-0.2, -0.15) is 0 Å². The standard InChI is InChI=1S/C26H27F3N4O2/c1-3-35-17-11-20(28)24(21(29)12-17)25-19(27)4-5-22(32-25)26(34)33-23-13-31-7-6-18(23)15-8-14(2)9-16(30)10-15/h4-7,11-16H,3,8-10,30H2,1-2H3,(H,33,34)/t14-,15+,16+/m0/s1. The first kappa shape index (κ1) is 24.7. The number of hydrogen-bond acceptors (Lipinski definition) is 5. The third-order valence-corrected chi connectivity index (χ3v) is 6.16. The van der Waals surface area contributed by atoms with E-state index >= 15 is 0 Å². The minimum absolute atomic E-state index is 0.0265. The van der Waals surface area contributed by atoms with Gasteiger partial charge in [0, 0.05) is 24.4 Å². The Bertz CT molecular complexity index is 1200. The molecule has 1 amide bonds. The third-order valence-electron chi connectivity index (χ3n) is 6.16. The van der Waals surface area contributed by atoms with E-state index in [1.165, 1.54) is 6.20 Å². The molecule has 0 spiro atoms. The van der Waals surface area contributed by atoms with Crippen molar-refractivity contribution in [2.75, 3.05) is 11.9 Å². The molecular formula is C26H27F3N4O2. The van der Waals surface area contributed by atoms with Crippen molar-refractivity contribution in [2.45, 2.75) is 45.1 Å². The smallest absolute Gasteiger partial charge is 0.274 e. The van der Waals surface area contributed by atoms with Crippen LogP contribution >= 0.6 is 0 Å². The fourth-order valence-corrected chi connectivity index (χ4v) is 4.73. The van der Waals surface area contributed by atoms with E-state index in [4.69, 9.17) is 10.5 Å². The van der Waals surface area contributed by atoms with Crippen molar-refractivity contribution in [1.29, 1.82) is 0 Å². The van der Waals surface area contributed by atoms with E-state index in [9.17, 15) is 18.0 Å². The average Bonchev–Trinajstić information content (AvgIpc) is 2.79. The first-order valence-electron chi connectivity index (χ1n) is 11.6. The second-order valence-electron chi connectivity index (χ2n) is 8.91. The number of aromatic nitrogens is 2. The molecule has 3 N–H and O–H groups in total. The van der Waals surface area contributed by atoms with Crippen LogP contribution in [0.3, 0.4) is 0 Å². The number of hydrogen-bond donors (Lipinski definition) is 2. The number of carbonyl (C=O) groups excluding carboxylic acids is 1. The van der Waals surface area contributed by atoms with Crippen LogP contribution in [0, 0.1) is 23.4 Å². The first-order valence-corrected chi connectivity index (χ1v) is 11.6. The lowest BCUT2D eigenvalue weighted by molar-refractivity contribution is 0.102. The predicted molar refractivity (Wildman–Crippen MR) is 127 cm³/mol. The summed E-state index contributed by atoms with van der Waals surface area (Å²) in [6.07, 6.45) is 5.85. The number of nitrogens with one attached hydrogen (secondary N) is 1. The molecule has 3 atom stereocenters. The number of carbonyl (C=O) groups is 1. The zero-order valence-corrected chi connectivity index (χ0v) is 19.5. The SMILES string of the molecule is CCOc1cc(F)c(-c2nc(C(=O)Nc3cnccc3[C@@H]3C[C@H](C)C[C@@H](N)C3)ccc2F)c(F)c1. The van der Waals surface area contributed by atoms with E-state index in [-0.39, 0.29) is 30.0 Å². The van der Waals surface area contributed by atoms with Gasteiger partial charge in [0.2, 0.25) is 0 Å². The molecule has 2 aromatic heterocycles. The van der Waals surface area contributed by atoms with E-state index in [1.807, 2.05) is 6.07 Å². The zero-order valence-electron chi connectivity index (χ0n) is 19.5. The molecule has 1 saturated carbocycles. The van der Waals surface area contributed by atoms with Crippen LogP contribution in [-0.4, -0.2) is 28.5 Å². The van der Waals surface area contributed by atoms with E-state index in [2.05, 4.69) is 22.2 Å². The van der Waals surface area contributed by atoms with Crippen molar-refractivity contribution in [3.8, 4) is 17.0 Å². The molecule has 1 aliphatic rings. The van der Waals surface area contributed by atoms with Crippen LogP contribution in [0.5, 0.6) is 5.75 Å². The summed E-state index contributed by atoms with van der Waals surface area (Å²) in [5, 5.41) is 2.77. The molecule has 1 aliphatic carbocycles. The maximum Gasteiger partial charge on any atom is 0.274 e. The fraction of sp³-hybridized carbons (Fsp3) is 0.346. The first-order chi connectivity index (χ1) is 16.8. The summed E-state index contributed by atoms with van der Waals surface area (Å²) in [4.78, 5) is 21.1. The van der Waals surface area contributed by atoms with Gasteiger partial charge in [0.1, 0.15) is 34.6 Å². The van der Waals surface area contributed by atoms with Gasteiger partial charge in [-0.15, -0.1) is 0 Å². The van der Waals surface area contributed by atoms with Gasteiger partial charge < -0.3 is 15.8 Å². The van der Waals surface area contributed by atoms with Gasteiger partial charge >= 0.3 is 0 Å². The number of ether oxygens (including phenoxy) is 1. The van der Waals surface area contributed by atoms with Gasteiger partial charge in [-0.3, -0.25) is 9.78 Å². The number of benzene rings is 1. The van der Waals surface area contributed by atoms with Crippen molar-refractivity contribution in [3.05, 3.63) is 71.4 Å². The summed E-state index contributed by atoms with van der Waals surface area (Å²) < 4.78 is 49.0. The Morgan fingerprint density at radius 2 is 1.86 bits per heavy atom. The van der Waals surface area contributed by atoms with Gasteiger partial charge in [0.25, 0.3) is 5.91 Å². The Morgan fingerprint density at radius 3 is 2.54 bits per heavy atom. The topological polar surface area (TPSA) is 90.1 Å². The second kappa shape index (κ2) is 10.4. The molecule has 184 valence electrons. The zero-order chi connectivity index (χ0) is 25.1. The second-order valence-corrected chi connectivity index (χ2v) is 8.91. The van der Waals surface area contributed by atoms with E-state index < -0.39 is 34.6 Å². The Morgan fingerprint density at radius 1 is 1.11 bits per heavy atom. The lowest BCUT2D eigenvalue weighted by Gasteiger charge is -2.32. The normalized spacial score (nSPS) is 19.9. The number of halogens is 3. The van der Waals surface area contributed by atoms with Crippen LogP contribution in [-0.2, 0) is 0 Å². The molecule has 0 radical (unpaired) electrons. The van der Waals surface area contributed by atoms with Crippen molar-refractivity contribution >= 4 is 11.6 Å². The molecule has 6 nitrogen and oxygen atoms in total. The minimum Gasteiger partial charge on any atom is -0.494 e. The largest absolute Gasteiger partial charge is 0.494 e. The molecule has 35 heavy (non-hydrogen) atoms. The maximum atomic E-state index is 14.7. The van der Waals surface area contributed by atoms with E-state index in [0.717, 1.165) is 49.1 Å². The van der Waals surface area contributed by atoms with Crippen molar-refractivity contribution in [2.24, 2.45) is 11.7 Å². The van der Waals surface area contributed by atoms with Gasteiger partial charge in [0.15, 0.2) is 0 Å². The highest BCUT2D eigenvalue weighted by atomic mass is 19.1. The quantitative estimate of drug-likeness (QED) is 0.486. The lowest BCUT2D eigenvalue weighted by atomic mass is 9.76. The number of nitrogens with two attached hydrogens (primary N) is 1. The molecule has 9 heteroatoms. The molecule has 1 fully saturated rings. The minimum atomic E-state index is -1.05. The summed E-state index contributed by atoms with van der Waals surface area (Å²) in [6, 6.07) is 5.94. The third kappa shape index (κ3) is 5.45. The summed E-state index contributed by atoms with van der Waals surface area (Å²) in [7, 11) is 0. The molecule has 1 aromatic carbocycles. The van der Waals surface area contributed by atoms with Crippen molar-refractivity contribution in [1.82, 2.24) is 9.97 Å². The number of nitrogens with zero attached hydrogens (tertiary/aromatic N) is 2. The van der Waals surface area contributed by atoms with Gasteiger partial charge in [0.05, 0.1) is 24.1 Å². The van der Waals surface area contributed by atoms with Crippen molar-refractivity contribution < 1.29 is 22.7 Å². The van der Waals surface area contributed by atoms with Gasteiger partial charge in [-0.1, -0.05) is 6.92 Å². The summed E-state index contributed by atoms with van der Waals surface area (Å²) >= 11 is 0. The van der Waals surface area contributed by atoms with Crippen LogP contribution in [0.1, 0.15) is 55.1 Å². The van der Waals surface area contributed by atoms with Crippen LogP contribution < -0.4 is 15.8 Å². The molecule has 4 rings (SSSR count). The van der Waals surface area contributed by atoms with E-state index in [1.54, 1.807) is 13.1 Å². The molecular weight excluding hydrogens is 457 g/mol. The Balaban J connectivity index is 1.63. The molecule has 0 aliphatic heterocycles. The lowest BCUT2D eigenvalue weighted by Crippen LogP contribution is -2.31. The molecule has 2 heterocycles. The van der Waals surface area contributed by atoms with Gasteiger partial charge in [-0.05, 0) is 61.8 Å². The van der Waals surface area contributed by atoms with E-state index in [0.29, 0.717) is 11.6 Å². The summed E-state index contributed by atoms with van der Waals surface area (Å²) in [5.41, 5.74) is 6.14. The maximum absolute atomic E-state index is 14.7. The molecule has 0 bridgehead atoms. The monoisotopic (exact) mass is 484 g/mol. The highest BCUT2D eigenvalue weighted by Gasteiger charge is 2.28. The number of pyridine rings is 2. The van der Waals surface area contributed by atoms with Gasteiger partial charge in [-0.25, -0.2) is 18.2 Å². The average molecular weight is 485 g/mol. The van der Waals surface area contributed by atoms with Crippen molar-refractivity contribution in [3.63, 3.8) is 0 Å². The fourth-order valence-electron chi connectivity index (χ4n) is 4.73. The number of anilines is 1. The van der Waals surface area contributed by atoms with Crippen LogP contribution in [0.25, 0.3) is 11.3 Å². The molecule has 3 aromatic rings. The van der Waals surface area contributed by atoms with Crippen LogP contribution in [0.15, 0.2) is 42.7 Å².